The Morgan fingerprint density at radius 2 is 2.06 bits per heavy atom. The number of rotatable bonds is 3. The quantitative estimate of drug-likeness (QED) is 0.837. The molecule has 1 saturated heterocycles. The summed E-state index contributed by atoms with van der Waals surface area (Å²) < 4.78 is 5.39. The molecule has 3 nitrogen and oxygen atoms in total. The second kappa shape index (κ2) is 5.81. The van der Waals surface area contributed by atoms with Crippen LogP contribution < -0.4 is 0 Å². The van der Waals surface area contributed by atoms with Crippen molar-refractivity contribution >= 4 is 11.3 Å². The van der Waals surface area contributed by atoms with E-state index < -0.39 is 0 Å². The molecule has 4 heteroatoms. The first kappa shape index (κ1) is 13.5. The van der Waals surface area contributed by atoms with E-state index >= 15 is 0 Å². The van der Waals surface area contributed by atoms with E-state index in [1.165, 1.54) is 5.01 Å². The number of thiazole rings is 1. The Labute approximate surface area is 113 Å². The summed E-state index contributed by atoms with van der Waals surface area (Å²) in [6, 6.07) is 2.42. The largest absolute Gasteiger partial charge is 0.381 e. The third-order valence-electron chi connectivity index (χ3n) is 3.51. The van der Waals surface area contributed by atoms with Crippen molar-refractivity contribution in [1.29, 1.82) is 5.26 Å². The van der Waals surface area contributed by atoms with Crippen LogP contribution >= 0.6 is 11.3 Å². The standard InChI is InChI=1S/C14H20N2OS/c1-9(2)12(8-15)13-10(3)16-14(18-13)11-4-6-17-7-5-11/h9,11-12H,4-7H2,1-3H3. The molecular weight excluding hydrogens is 244 g/mol. The van der Waals surface area contributed by atoms with Gasteiger partial charge in [-0.25, -0.2) is 4.98 Å². The molecule has 98 valence electrons. The summed E-state index contributed by atoms with van der Waals surface area (Å²) in [5, 5.41) is 10.5. The lowest BCUT2D eigenvalue weighted by molar-refractivity contribution is 0.0852. The Morgan fingerprint density at radius 1 is 1.39 bits per heavy atom. The number of nitriles is 1. The molecule has 2 rings (SSSR count). The van der Waals surface area contributed by atoms with Crippen molar-refractivity contribution in [2.24, 2.45) is 5.92 Å². The van der Waals surface area contributed by atoms with Crippen molar-refractivity contribution < 1.29 is 4.74 Å². The molecule has 1 aromatic rings. The molecule has 0 radical (unpaired) electrons. The predicted octanol–water partition coefficient (Wildman–Crippen LogP) is 3.61. The fraction of sp³-hybridized carbons (Fsp3) is 0.714. The molecule has 0 aliphatic carbocycles. The Bertz CT molecular complexity index is 441. The van der Waals surface area contributed by atoms with Crippen LogP contribution in [0.3, 0.4) is 0 Å². The number of aryl methyl sites for hydroxylation is 1. The van der Waals surface area contributed by atoms with Gasteiger partial charge in [-0.2, -0.15) is 5.26 Å². The van der Waals surface area contributed by atoms with Crippen LogP contribution in [0.25, 0.3) is 0 Å². The molecule has 0 aromatic carbocycles. The van der Waals surface area contributed by atoms with E-state index in [9.17, 15) is 5.26 Å². The van der Waals surface area contributed by atoms with Gasteiger partial charge in [-0.1, -0.05) is 13.8 Å². The zero-order valence-electron chi connectivity index (χ0n) is 11.3. The Morgan fingerprint density at radius 3 is 2.61 bits per heavy atom. The maximum absolute atomic E-state index is 9.30. The van der Waals surface area contributed by atoms with Crippen LogP contribution in [0, 0.1) is 24.2 Å². The topological polar surface area (TPSA) is 45.9 Å². The fourth-order valence-corrected chi connectivity index (χ4v) is 3.80. The summed E-state index contributed by atoms with van der Waals surface area (Å²) in [6.45, 7) is 7.90. The normalized spacial score (nSPS) is 18.8. The Hall–Kier alpha value is -0.920. The van der Waals surface area contributed by atoms with Gasteiger partial charge in [-0.3, -0.25) is 0 Å². The number of nitrogens with zero attached hydrogens (tertiary/aromatic N) is 2. The van der Waals surface area contributed by atoms with Crippen molar-refractivity contribution in [3.8, 4) is 6.07 Å². The van der Waals surface area contributed by atoms with Crippen LogP contribution in [0.15, 0.2) is 0 Å². The molecule has 0 amide bonds. The molecular formula is C14H20N2OS. The van der Waals surface area contributed by atoms with Crippen molar-refractivity contribution in [2.45, 2.75) is 45.4 Å². The van der Waals surface area contributed by atoms with Crippen LogP contribution in [-0.2, 0) is 4.74 Å². The first-order chi connectivity index (χ1) is 8.63. The van der Waals surface area contributed by atoms with Gasteiger partial charge in [-0.15, -0.1) is 11.3 Å². The van der Waals surface area contributed by atoms with Crippen LogP contribution in [0.4, 0.5) is 0 Å². The average Bonchev–Trinajstić information content (AvgIpc) is 2.73. The minimum absolute atomic E-state index is 0.0175. The van der Waals surface area contributed by atoms with E-state index in [4.69, 9.17) is 9.72 Å². The second-order valence-electron chi connectivity index (χ2n) is 5.24. The third-order valence-corrected chi connectivity index (χ3v) is 4.91. The Kier molecular flexibility index (Phi) is 4.36. The molecule has 0 bridgehead atoms. The molecule has 0 N–H and O–H groups in total. The van der Waals surface area contributed by atoms with Crippen molar-refractivity contribution in [3.05, 3.63) is 15.6 Å². The van der Waals surface area contributed by atoms with Gasteiger partial charge >= 0.3 is 0 Å². The van der Waals surface area contributed by atoms with E-state index in [2.05, 4.69) is 19.9 Å². The number of hydrogen-bond donors (Lipinski definition) is 0. The second-order valence-corrected chi connectivity index (χ2v) is 6.30. The Balaban J connectivity index is 2.23. The lowest BCUT2D eigenvalue weighted by atomic mass is 9.95. The number of hydrogen-bond acceptors (Lipinski definition) is 4. The van der Waals surface area contributed by atoms with Crippen molar-refractivity contribution in [1.82, 2.24) is 4.98 Å². The van der Waals surface area contributed by atoms with Crippen LogP contribution in [0.5, 0.6) is 0 Å². The zero-order valence-corrected chi connectivity index (χ0v) is 12.1. The van der Waals surface area contributed by atoms with E-state index in [1.54, 1.807) is 11.3 Å². The maximum atomic E-state index is 9.30. The SMILES string of the molecule is Cc1nc(C2CCOCC2)sc1C(C#N)C(C)C. The number of ether oxygens (including phenoxy) is 1. The lowest BCUT2D eigenvalue weighted by Crippen LogP contribution is -2.13. The first-order valence-corrected chi connectivity index (χ1v) is 7.39. The van der Waals surface area contributed by atoms with Crippen LogP contribution in [0.2, 0.25) is 0 Å². The van der Waals surface area contributed by atoms with Gasteiger partial charge in [-0.05, 0) is 25.7 Å². The van der Waals surface area contributed by atoms with Crippen molar-refractivity contribution in [2.75, 3.05) is 13.2 Å². The summed E-state index contributed by atoms with van der Waals surface area (Å²) in [6.07, 6.45) is 2.12. The van der Waals surface area contributed by atoms with E-state index in [0.717, 1.165) is 36.6 Å². The van der Waals surface area contributed by atoms with E-state index in [-0.39, 0.29) is 5.92 Å². The summed E-state index contributed by atoms with van der Waals surface area (Å²) >= 11 is 1.74. The summed E-state index contributed by atoms with van der Waals surface area (Å²) in [5.74, 6) is 0.857. The van der Waals surface area contributed by atoms with Crippen LogP contribution in [-0.4, -0.2) is 18.2 Å². The van der Waals surface area contributed by atoms with Crippen LogP contribution in [0.1, 0.15) is 54.1 Å². The minimum Gasteiger partial charge on any atom is -0.381 e. The molecule has 0 spiro atoms. The molecule has 1 aromatic heterocycles. The van der Waals surface area contributed by atoms with Gasteiger partial charge in [0.05, 0.1) is 22.7 Å². The van der Waals surface area contributed by atoms with Gasteiger partial charge < -0.3 is 4.74 Å². The third kappa shape index (κ3) is 2.73. The molecule has 1 aliphatic heterocycles. The summed E-state index contributed by atoms with van der Waals surface area (Å²) in [7, 11) is 0. The predicted molar refractivity (Wildman–Crippen MR) is 72.8 cm³/mol. The highest BCUT2D eigenvalue weighted by Gasteiger charge is 2.25. The highest BCUT2D eigenvalue weighted by molar-refractivity contribution is 7.12. The molecule has 0 saturated carbocycles. The highest BCUT2D eigenvalue weighted by Crippen LogP contribution is 2.37. The molecule has 18 heavy (non-hydrogen) atoms. The summed E-state index contributed by atoms with van der Waals surface area (Å²) in [4.78, 5) is 5.86. The fourth-order valence-electron chi connectivity index (χ4n) is 2.35. The average molecular weight is 264 g/mol. The van der Waals surface area contributed by atoms with Gasteiger partial charge in [0.1, 0.15) is 0 Å². The minimum atomic E-state index is -0.0175. The first-order valence-electron chi connectivity index (χ1n) is 6.58. The van der Waals surface area contributed by atoms with Gasteiger partial charge in [0, 0.05) is 24.0 Å². The zero-order chi connectivity index (χ0) is 13.1. The van der Waals surface area contributed by atoms with Crippen molar-refractivity contribution in [3.63, 3.8) is 0 Å². The van der Waals surface area contributed by atoms with Gasteiger partial charge in [0.15, 0.2) is 0 Å². The van der Waals surface area contributed by atoms with Gasteiger partial charge in [0.25, 0.3) is 0 Å². The summed E-state index contributed by atoms with van der Waals surface area (Å²) in [5.41, 5.74) is 1.04. The molecule has 2 heterocycles. The number of aromatic nitrogens is 1. The van der Waals surface area contributed by atoms with E-state index in [1.807, 2.05) is 6.92 Å². The highest BCUT2D eigenvalue weighted by atomic mass is 32.1. The monoisotopic (exact) mass is 264 g/mol. The molecule has 1 unspecified atom stereocenters. The maximum Gasteiger partial charge on any atom is 0.0964 e. The lowest BCUT2D eigenvalue weighted by Gasteiger charge is -2.19. The smallest absolute Gasteiger partial charge is 0.0964 e. The molecule has 1 aliphatic rings. The van der Waals surface area contributed by atoms with E-state index in [0.29, 0.717) is 11.8 Å². The molecule has 1 atom stereocenters. The van der Waals surface area contributed by atoms with Gasteiger partial charge in [0.2, 0.25) is 0 Å². The molecule has 1 fully saturated rings.